The molecule has 1 fully saturated rings. The van der Waals surface area contributed by atoms with E-state index in [1.807, 2.05) is 0 Å². The second-order valence-corrected chi connectivity index (χ2v) is 8.89. The van der Waals surface area contributed by atoms with Crippen molar-refractivity contribution in [3.8, 4) is 0 Å². The maximum absolute atomic E-state index is 12.6. The van der Waals surface area contributed by atoms with Crippen LogP contribution in [0.1, 0.15) is 36.0 Å². The van der Waals surface area contributed by atoms with E-state index in [2.05, 4.69) is 20.0 Å². The van der Waals surface area contributed by atoms with Crippen molar-refractivity contribution in [3.63, 3.8) is 0 Å². The van der Waals surface area contributed by atoms with Crippen LogP contribution >= 0.6 is 0 Å². The van der Waals surface area contributed by atoms with Gasteiger partial charge in [-0.15, -0.1) is 0 Å². The van der Waals surface area contributed by atoms with E-state index in [1.54, 1.807) is 35.1 Å². The number of hydrogen-bond acceptors (Lipinski definition) is 6. The molecule has 0 bridgehead atoms. The standard InChI is InChI=1S/C19H23N5O4S/c25-18(15-12-22-19-20-7-8-24(19)13-15)21-11-14-1-3-17(4-2-14)29(26,27)23-16-5-9-28-10-6-16/h1,3,7-8,12-13,16,23H,2,4-6,9-11H2,(H,21,25). The van der Waals surface area contributed by atoms with Crippen molar-refractivity contribution in [2.24, 2.45) is 0 Å². The van der Waals surface area contributed by atoms with Gasteiger partial charge in [0.2, 0.25) is 15.8 Å². The molecular formula is C19H23N5O4S. The van der Waals surface area contributed by atoms with Crippen molar-refractivity contribution in [1.82, 2.24) is 24.4 Å². The molecule has 2 aliphatic rings. The molecule has 2 N–H and O–H groups in total. The van der Waals surface area contributed by atoms with Crippen LogP contribution in [-0.2, 0) is 14.8 Å². The van der Waals surface area contributed by atoms with E-state index in [0.717, 1.165) is 5.57 Å². The van der Waals surface area contributed by atoms with E-state index in [4.69, 9.17) is 4.74 Å². The number of rotatable bonds is 6. The van der Waals surface area contributed by atoms with Gasteiger partial charge in [-0.2, -0.15) is 0 Å². The summed E-state index contributed by atoms with van der Waals surface area (Å²) in [6.45, 7) is 1.52. The molecule has 154 valence electrons. The topological polar surface area (TPSA) is 115 Å². The van der Waals surface area contributed by atoms with Crippen LogP contribution in [-0.4, -0.2) is 54.5 Å². The normalized spacial score (nSPS) is 18.3. The summed E-state index contributed by atoms with van der Waals surface area (Å²) in [7, 11) is -3.49. The minimum Gasteiger partial charge on any atom is -0.381 e. The second kappa shape index (κ2) is 8.44. The smallest absolute Gasteiger partial charge is 0.254 e. The maximum atomic E-state index is 12.6. The minimum atomic E-state index is -3.49. The number of imidazole rings is 1. The van der Waals surface area contributed by atoms with Gasteiger partial charge in [0.1, 0.15) is 0 Å². The van der Waals surface area contributed by atoms with Crippen LogP contribution in [0.25, 0.3) is 5.78 Å². The van der Waals surface area contributed by atoms with E-state index in [9.17, 15) is 13.2 Å². The fourth-order valence-corrected chi connectivity index (χ4v) is 4.82. The Morgan fingerprint density at radius 1 is 1.21 bits per heavy atom. The molecule has 9 nitrogen and oxygen atoms in total. The molecule has 0 aromatic carbocycles. The zero-order chi connectivity index (χ0) is 20.3. The fraction of sp³-hybridized carbons (Fsp3) is 0.421. The van der Waals surface area contributed by atoms with E-state index in [1.165, 1.54) is 6.20 Å². The Hall–Kier alpha value is -2.56. The van der Waals surface area contributed by atoms with Gasteiger partial charge < -0.3 is 10.1 Å². The van der Waals surface area contributed by atoms with Gasteiger partial charge in [0, 0.05) is 50.6 Å². The lowest BCUT2D eigenvalue weighted by atomic mass is 10.1. The first-order chi connectivity index (χ1) is 14.0. The van der Waals surface area contributed by atoms with Crippen molar-refractivity contribution in [2.45, 2.75) is 31.7 Å². The molecule has 0 spiro atoms. The molecule has 0 atom stereocenters. The highest BCUT2D eigenvalue weighted by Crippen LogP contribution is 2.23. The fourth-order valence-electron chi connectivity index (χ4n) is 3.37. The summed E-state index contributed by atoms with van der Waals surface area (Å²) in [6.07, 6.45) is 12.3. The van der Waals surface area contributed by atoms with E-state index in [-0.39, 0.29) is 11.9 Å². The largest absolute Gasteiger partial charge is 0.381 e. The average molecular weight is 417 g/mol. The number of nitrogens with one attached hydrogen (secondary N) is 2. The molecule has 10 heteroatoms. The highest BCUT2D eigenvalue weighted by molar-refractivity contribution is 7.93. The molecule has 0 radical (unpaired) electrons. The molecule has 2 aromatic heterocycles. The van der Waals surface area contributed by atoms with Crippen LogP contribution in [0.4, 0.5) is 0 Å². The lowest BCUT2D eigenvalue weighted by molar-refractivity contribution is 0.0832. The summed E-state index contributed by atoms with van der Waals surface area (Å²) in [5.41, 5.74) is 1.41. The molecule has 1 saturated heterocycles. The number of ether oxygens (including phenoxy) is 1. The van der Waals surface area contributed by atoms with Crippen molar-refractivity contribution in [3.05, 3.63) is 53.0 Å². The van der Waals surface area contributed by atoms with Gasteiger partial charge in [-0.1, -0.05) is 11.6 Å². The molecule has 0 saturated carbocycles. The summed E-state index contributed by atoms with van der Waals surface area (Å²) >= 11 is 0. The molecule has 0 unspecified atom stereocenters. The summed E-state index contributed by atoms with van der Waals surface area (Å²) in [5, 5.41) is 2.86. The number of nitrogens with zero attached hydrogens (tertiary/aromatic N) is 3. The van der Waals surface area contributed by atoms with Gasteiger partial charge in [-0.3, -0.25) is 9.20 Å². The number of sulfonamides is 1. The Balaban J connectivity index is 1.34. The lowest BCUT2D eigenvalue weighted by Crippen LogP contribution is -2.39. The molecule has 1 amide bonds. The van der Waals surface area contributed by atoms with Crippen molar-refractivity contribution >= 4 is 21.7 Å². The zero-order valence-corrected chi connectivity index (χ0v) is 16.7. The second-order valence-electron chi connectivity index (χ2n) is 7.13. The molecule has 1 aliphatic heterocycles. The van der Waals surface area contributed by atoms with Crippen molar-refractivity contribution < 1.29 is 17.9 Å². The molecular weight excluding hydrogens is 394 g/mol. The molecule has 29 heavy (non-hydrogen) atoms. The monoisotopic (exact) mass is 417 g/mol. The van der Waals surface area contributed by atoms with E-state index < -0.39 is 10.0 Å². The zero-order valence-electron chi connectivity index (χ0n) is 15.9. The summed E-state index contributed by atoms with van der Waals surface area (Å²) in [6, 6.07) is -0.0687. The number of amides is 1. The predicted molar refractivity (Wildman–Crippen MR) is 107 cm³/mol. The average Bonchev–Trinajstić information content (AvgIpc) is 3.20. The highest BCUT2D eigenvalue weighted by atomic mass is 32.2. The van der Waals surface area contributed by atoms with Crippen molar-refractivity contribution in [2.75, 3.05) is 19.8 Å². The third kappa shape index (κ3) is 4.72. The van der Waals surface area contributed by atoms with Crippen LogP contribution in [0.3, 0.4) is 0 Å². The van der Waals surface area contributed by atoms with Gasteiger partial charge in [0.05, 0.1) is 10.5 Å². The quantitative estimate of drug-likeness (QED) is 0.729. The first kappa shape index (κ1) is 19.7. The van der Waals surface area contributed by atoms with Gasteiger partial charge in [0.15, 0.2) is 0 Å². The van der Waals surface area contributed by atoms with Gasteiger partial charge in [-0.05, 0) is 31.8 Å². The number of carbonyl (C=O) groups is 1. The molecule has 1 aliphatic carbocycles. The predicted octanol–water partition coefficient (Wildman–Crippen LogP) is 1.16. The SMILES string of the molecule is O=C(NCC1=CC=C(S(=O)(=O)NC2CCOCC2)CC1)c1cnc2nccn2c1. The van der Waals surface area contributed by atoms with E-state index in [0.29, 0.717) is 61.7 Å². The van der Waals surface area contributed by atoms with Crippen LogP contribution in [0.5, 0.6) is 0 Å². The molecule has 2 aromatic rings. The number of hydrogen-bond donors (Lipinski definition) is 2. The Bertz CT molecular complexity index is 1070. The van der Waals surface area contributed by atoms with E-state index >= 15 is 0 Å². The Morgan fingerprint density at radius 2 is 2.03 bits per heavy atom. The number of fused-ring (bicyclic) bond motifs is 1. The Labute approximate surface area is 168 Å². The van der Waals surface area contributed by atoms with Gasteiger partial charge >= 0.3 is 0 Å². The lowest BCUT2D eigenvalue weighted by Gasteiger charge is -2.24. The summed E-state index contributed by atoms with van der Waals surface area (Å²) in [5.74, 6) is 0.294. The third-order valence-corrected chi connectivity index (χ3v) is 6.74. The third-order valence-electron chi connectivity index (χ3n) is 5.07. The summed E-state index contributed by atoms with van der Waals surface area (Å²) in [4.78, 5) is 20.9. The Kier molecular flexibility index (Phi) is 5.74. The van der Waals surface area contributed by atoms with Crippen LogP contribution in [0.2, 0.25) is 0 Å². The molecule has 3 heterocycles. The van der Waals surface area contributed by atoms with Gasteiger partial charge in [0.25, 0.3) is 5.91 Å². The van der Waals surface area contributed by atoms with Gasteiger partial charge in [-0.25, -0.2) is 23.1 Å². The maximum Gasteiger partial charge on any atom is 0.254 e. The number of carbonyl (C=O) groups excluding carboxylic acids is 1. The van der Waals surface area contributed by atoms with Crippen LogP contribution in [0.15, 0.2) is 47.4 Å². The summed E-state index contributed by atoms with van der Waals surface area (Å²) < 4.78 is 34.8. The van der Waals surface area contributed by atoms with Crippen LogP contribution in [0, 0.1) is 0 Å². The minimum absolute atomic E-state index is 0.0687. The Morgan fingerprint density at radius 3 is 2.79 bits per heavy atom. The number of aromatic nitrogens is 3. The van der Waals surface area contributed by atoms with Crippen LogP contribution < -0.4 is 10.0 Å². The number of allylic oxidation sites excluding steroid dienone is 3. The first-order valence-electron chi connectivity index (χ1n) is 9.57. The first-order valence-corrected chi connectivity index (χ1v) is 11.1. The highest BCUT2D eigenvalue weighted by Gasteiger charge is 2.25. The van der Waals surface area contributed by atoms with Crippen molar-refractivity contribution in [1.29, 1.82) is 0 Å². The molecule has 4 rings (SSSR count).